The molecule has 5 rings (SSSR count). The van der Waals surface area contributed by atoms with Gasteiger partial charge in [0, 0.05) is 5.41 Å². The Morgan fingerprint density at radius 3 is 2.20 bits per heavy atom. The van der Waals surface area contributed by atoms with Crippen molar-refractivity contribution in [1.82, 2.24) is 0 Å². The molecule has 0 aromatic heterocycles. The Kier molecular flexibility index (Phi) is 6.00. The molecule has 11 atom stereocenters. The van der Waals surface area contributed by atoms with E-state index in [0.717, 1.165) is 30.4 Å². The summed E-state index contributed by atoms with van der Waals surface area (Å²) in [7, 11) is 1.85. The maximum Gasteiger partial charge on any atom is 0.0948 e. The van der Waals surface area contributed by atoms with E-state index in [1.807, 2.05) is 7.11 Å². The third-order valence-electron chi connectivity index (χ3n) is 14.4. The summed E-state index contributed by atoms with van der Waals surface area (Å²) >= 11 is 0. The molecule has 0 aliphatic heterocycles. The minimum absolute atomic E-state index is 0.0699. The minimum Gasteiger partial charge on any atom is -0.501 e. The molecule has 0 heterocycles. The molecule has 0 amide bonds. The monoisotopic (exact) mass is 482 g/mol. The molecule has 198 valence electrons. The summed E-state index contributed by atoms with van der Waals surface area (Å²) in [5.41, 5.74) is 2.65. The van der Waals surface area contributed by atoms with Gasteiger partial charge in [-0.1, -0.05) is 53.3 Å². The van der Waals surface area contributed by atoms with Gasteiger partial charge in [0.1, 0.15) is 0 Å². The Morgan fingerprint density at radius 2 is 1.57 bits per heavy atom. The molecule has 4 unspecified atom stereocenters. The Hall–Kier alpha value is -0.760. The number of fused-ring (bicyclic) bond motifs is 7. The minimum atomic E-state index is -0.132. The van der Waals surface area contributed by atoms with E-state index in [9.17, 15) is 5.11 Å². The fourth-order valence-electron chi connectivity index (χ4n) is 12.1. The summed E-state index contributed by atoms with van der Waals surface area (Å²) in [4.78, 5) is 0. The normalized spacial score (nSPS) is 55.2. The quantitative estimate of drug-likeness (QED) is 0.321. The first-order valence-corrected chi connectivity index (χ1v) is 14.9. The van der Waals surface area contributed by atoms with Crippen molar-refractivity contribution in [3.8, 4) is 0 Å². The molecule has 5 aliphatic carbocycles. The smallest absolute Gasteiger partial charge is 0.0948 e. The van der Waals surface area contributed by atoms with Crippen LogP contribution in [0.3, 0.4) is 0 Å². The second kappa shape index (κ2) is 8.12. The predicted octanol–water partition coefficient (Wildman–Crippen LogP) is 8.56. The first-order valence-electron chi connectivity index (χ1n) is 14.9. The Bertz CT molecular complexity index is 892. The van der Waals surface area contributed by atoms with Gasteiger partial charge in [0.05, 0.1) is 19.0 Å². The summed E-state index contributed by atoms with van der Waals surface area (Å²) in [6, 6.07) is 0. The number of aliphatic hydroxyl groups is 1. The maximum atomic E-state index is 11.1. The number of rotatable bonds is 4. The molecule has 0 spiro atoms. The molecule has 0 aromatic rings. The standard InChI is InChI=1S/C33H54O2/c1-10-29(5)25-14-17-32(8)26(30(25,6)16-15-27(29)34)12-11-24-28-23(21(2)3)13-18-33(28,22(4)35-9)20-19-31(24,32)7/h23-28,34H,2,4,10-20H2,1,3,5-9H3/t23?,24?,25-,26?,27-,28?,29-,30-,31+,32+,33+/m0/s1. The molecule has 1 N–H and O–H groups in total. The third kappa shape index (κ3) is 3.04. The number of allylic oxidation sites excluding steroid dienone is 2. The van der Waals surface area contributed by atoms with Gasteiger partial charge in [-0.05, 0) is 129 Å². The number of hydrogen-bond donors (Lipinski definition) is 1. The van der Waals surface area contributed by atoms with E-state index in [1.165, 1.54) is 63.4 Å². The van der Waals surface area contributed by atoms with Crippen LogP contribution in [0.4, 0.5) is 0 Å². The van der Waals surface area contributed by atoms with Crippen molar-refractivity contribution in [3.63, 3.8) is 0 Å². The first kappa shape index (κ1) is 25.9. The van der Waals surface area contributed by atoms with Crippen LogP contribution in [0.25, 0.3) is 0 Å². The van der Waals surface area contributed by atoms with Crippen molar-refractivity contribution in [3.05, 3.63) is 24.5 Å². The second-order valence-corrected chi connectivity index (χ2v) is 14.9. The van der Waals surface area contributed by atoms with Crippen LogP contribution in [0.15, 0.2) is 24.5 Å². The van der Waals surface area contributed by atoms with Crippen molar-refractivity contribution < 1.29 is 9.84 Å². The van der Waals surface area contributed by atoms with E-state index in [2.05, 4.69) is 54.7 Å². The first-order chi connectivity index (χ1) is 16.4. The lowest BCUT2D eigenvalue weighted by molar-refractivity contribution is -0.249. The molecule has 0 saturated heterocycles. The molecule has 0 radical (unpaired) electrons. The zero-order valence-electron chi connectivity index (χ0n) is 24.0. The van der Waals surface area contributed by atoms with Gasteiger partial charge in [0.2, 0.25) is 0 Å². The molecule has 0 bridgehead atoms. The molecule has 2 nitrogen and oxygen atoms in total. The summed E-state index contributed by atoms with van der Waals surface area (Å²) in [5, 5.41) is 11.1. The lowest BCUT2D eigenvalue weighted by Crippen LogP contribution is -2.67. The average Bonchev–Trinajstić information content (AvgIpc) is 3.23. The van der Waals surface area contributed by atoms with Gasteiger partial charge in [0.25, 0.3) is 0 Å². The van der Waals surface area contributed by atoms with Crippen LogP contribution in [0.5, 0.6) is 0 Å². The highest BCUT2D eigenvalue weighted by molar-refractivity contribution is 5.25. The van der Waals surface area contributed by atoms with Gasteiger partial charge >= 0.3 is 0 Å². The summed E-state index contributed by atoms with van der Waals surface area (Å²) in [6.45, 7) is 24.1. The lowest BCUT2D eigenvalue weighted by Gasteiger charge is -2.73. The molecule has 35 heavy (non-hydrogen) atoms. The number of hydrogen-bond acceptors (Lipinski definition) is 2. The Balaban J connectivity index is 1.56. The fourth-order valence-corrected chi connectivity index (χ4v) is 12.1. The topological polar surface area (TPSA) is 29.5 Å². The highest BCUT2D eigenvalue weighted by atomic mass is 16.5. The predicted molar refractivity (Wildman–Crippen MR) is 146 cm³/mol. The molecule has 5 saturated carbocycles. The molecular weight excluding hydrogens is 428 g/mol. The van der Waals surface area contributed by atoms with E-state index in [1.54, 1.807) is 0 Å². The SMILES string of the molecule is C=C(C)C1CC[C@]2(C(=C)OC)CC[C@]3(C)C(CCC4[C@@]5(C)CC[C@H](O)[C@@](C)(CC)[C@@H]5CC[C@]43C)C12. The van der Waals surface area contributed by atoms with Gasteiger partial charge < -0.3 is 9.84 Å². The van der Waals surface area contributed by atoms with Crippen molar-refractivity contribution in [1.29, 1.82) is 0 Å². The van der Waals surface area contributed by atoms with Crippen molar-refractivity contribution in [2.45, 2.75) is 118 Å². The summed E-state index contributed by atoms with van der Waals surface area (Å²) in [5.74, 6) is 4.41. The van der Waals surface area contributed by atoms with Gasteiger partial charge in [-0.15, -0.1) is 0 Å². The zero-order valence-corrected chi connectivity index (χ0v) is 24.0. The van der Waals surface area contributed by atoms with Crippen LogP contribution in [0.2, 0.25) is 0 Å². The van der Waals surface area contributed by atoms with Crippen LogP contribution in [-0.2, 0) is 4.74 Å². The van der Waals surface area contributed by atoms with Crippen molar-refractivity contribution >= 4 is 0 Å². The van der Waals surface area contributed by atoms with Crippen LogP contribution >= 0.6 is 0 Å². The maximum absolute atomic E-state index is 11.1. The zero-order chi connectivity index (χ0) is 25.6. The van der Waals surface area contributed by atoms with Crippen molar-refractivity contribution in [2.24, 2.45) is 56.7 Å². The van der Waals surface area contributed by atoms with Crippen LogP contribution < -0.4 is 0 Å². The largest absolute Gasteiger partial charge is 0.501 e. The summed E-state index contributed by atoms with van der Waals surface area (Å²) < 4.78 is 5.95. The molecule has 2 heteroatoms. The van der Waals surface area contributed by atoms with Gasteiger partial charge in [-0.3, -0.25) is 0 Å². The average molecular weight is 483 g/mol. The van der Waals surface area contributed by atoms with E-state index in [4.69, 9.17) is 4.74 Å². The fraction of sp³-hybridized carbons (Fsp3) is 0.879. The van der Waals surface area contributed by atoms with E-state index < -0.39 is 0 Å². The Labute approximate surface area is 216 Å². The summed E-state index contributed by atoms with van der Waals surface area (Å²) in [6.07, 6.45) is 13.5. The second-order valence-electron chi connectivity index (χ2n) is 14.9. The molecule has 5 fully saturated rings. The highest BCUT2D eigenvalue weighted by Crippen LogP contribution is 2.78. The van der Waals surface area contributed by atoms with Crippen LogP contribution in [0, 0.1) is 56.7 Å². The molecular formula is C33H54O2. The number of aliphatic hydroxyl groups excluding tert-OH is 1. The van der Waals surface area contributed by atoms with E-state index in [0.29, 0.717) is 34.0 Å². The van der Waals surface area contributed by atoms with E-state index in [-0.39, 0.29) is 16.9 Å². The van der Waals surface area contributed by atoms with Crippen molar-refractivity contribution in [2.75, 3.05) is 7.11 Å². The third-order valence-corrected chi connectivity index (χ3v) is 14.4. The van der Waals surface area contributed by atoms with Gasteiger partial charge in [0.15, 0.2) is 0 Å². The molecule has 0 aromatic carbocycles. The van der Waals surface area contributed by atoms with Gasteiger partial charge in [-0.2, -0.15) is 0 Å². The van der Waals surface area contributed by atoms with Crippen LogP contribution in [-0.4, -0.2) is 18.3 Å². The number of methoxy groups -OCH3 is 1. The Morgan fingerprint density at radius 1 is 0.857 bits per heavy atom. The lowest BCUT2D eigenvalue weighted by atomic mass is 9.32. The molecule has 5 aliphatic rings. The van der Waals surface area contributed by atoms with E-state index >= 15 is 0 Å². The van der Waals surface area contributed by atoms with Crippen LogP contribution in [0.1, 0.15) is 112 Å². The van der Waals surface area contributed by atoms with Gasteiger partial charge in [-0.25, -0.2) is 0 Å². The highest BCUT2D eigenvalue weighted by Gasteiger charge is 2.71. The number of ether oxygens (including phenoxy) is 1.